The Morgan fingerprint density at radius 1 is 1.32 bits per heavy atom. The first-order chi connectivity index (χ1) is 10.7. The highest BCUT2D eigenvalue weighted by molar-refractivity contribution is 6.30. The normalized spacial score (nSPS) is 18.0. The maximum atomic E-state index is 12.3. The SMILES string of the molecule is O=C(Nc1cccnc1)N1CCO[C@H](c2ccc(Cl)cc2)C1. The highest BCUT2D eigenvalue weighted by Gasteiger charge is 2.25. The fraction of sp³-hybridized carbons (Fsp3) is 0.250. The first kappa shape index (κ1) is 14.8. The molecule has 0 unspecified atom stereocenters. The highest BCUT2D eigenvalue weighted by atomic mass is 35.5. The minimum absolute atomic E-state index is 0.134. The van der Waals surface area contributed by atoms with Crippen LogP contribution in [0.25, 0.3) is 0 Å². The van der Waals surface area contributed by atoms with Crippen LogP contribution in [0.5, 0.6) is 0 Å². The van der Waals surface area contributed by atoms with Gasteiger partial charge in [-0.25, -0.2) is 4.79 Å². The number of carbonyl (C=O) groups is 1. The number of anilines is 1. The molecule has 114 valence electrons. The number of urea groups is 1. The van der Waals surface area contributed by atoms with Crippen LogP contribution >= 0.6 is 11.6 Å². The molecule has 5 nitrogen and oxygen atoms in total. The summed E-state index contributed by atoms with van der Waals surface area (Å²) in [6.07, 6.45) is 3.15. The maximum Gasteiger partial charge on any atom is 0.322 e. The van der Waals surface area contributed by atoms with Crippen molar-refractivity contribution in [1.29, 1.82) is 0 Å². The van der Waals surface area contributed by atoms with E-state index in [-0.39, 0.29) is 12.1 Å². The quantitative estimate of drug-likeness (QED) is 0.924. The summed E-state index contributed by atoms with van der Waals surface area (Å²) in [5, 5.41) is 3.53. The molecule has 3 rings (SSSR count). The molecule has 1 aromatic carbocycles. The highest BCUT2D eigenvalue weighted by Crippen LogP contribution is 2.24. The molecule has 2 heterocycles. The lowest BCUT2D eigenvalue weighted by Crippen LogP contribution is -2.44. The number of nitrogens with zero attached hydrogens (tertiary/aromatic N) is 2. The third-order valence-corrected chi connectivity index (χ3v) is 3.76. The number of amides is 2. The van der Waals surface area contributed by atoms with Gasteiger partial charge in [0.05, 0.1) is 25.0 Å². The Labute approximate surface area is 133 Å². The first-order valence-electron chi connectivity index (χ1n) is 7.05. The van der Waals surface area contributed by atoms with Crippen molar-refractivity contribution in [3.63, 3.8) is 0 Å². The zero-order chi connectivity index (χ0) is 15.4. The van der Waals surface area contributed by atoms with Gasteiger partial charge in [-0.3, -0.25) is 4.98 Å². The van der Waals surface area contributed by atoms with Gasteiger partial charge in [0.1, 0.15) is 6.10 Å². The molecule has 0 radical (unpaired) electrons. The van der Waals surface area contributed by atoms with Crippen LogP contribution in [0.1, 0.15) is 11.7 Å². The molecule has 2 aromatic rings. The lowest BCUT2D eigenvalue weighted by Gasteiger charge is -2.33. The van der Waals surface area contributed by atoms with Gasteiger partial charge in [0, 0.05) is 17.8 Å². The smallest absolute Gasteiger partial charge is 0.322 e. The van der Waals surface area contributed by atoms with Crippen molar-refractivity contribution in [2.75, 3.05) is 25.0 Å². The number of hydrogen-bond donors (Lipinski definition) is 1. The first-order valence-corrected chi connectivity index (χ1v) is 7.43. The van der Waals surface area contributed by atoms with Gasteiger partial charge in [0.15, 0.2) is 0 Å². The van der Waals surface area contributed by atoms with Crippen LogP contribution < -0.4 is 5.32 Å². The summed E-state index contributed by atoms with van der Waals surface area (Å²) < 4.78 is 5.76. The average molecular weight is 318 g/mol. The van der Waals surface area contributed by atoms with E-state index in [1.165, 1.54) is 0 Å². The maximum absolute atomic E-state index is 12.3. The van der Waals surface area contributed by atoms with Gasteiger partial charge in [-0.2, -0.15) is 0 Å². The molecule has 0 spiro atoms. The Morgan fingerprint density at radius 2 is 2.14 bits per heavy atom. The Kier molecular flexibility index (Phi) is 4.56. The number of morpholine rings is 1. The molecule has 0 saturated carbocycles. The van der Waals surface area contributed by atoms with Crippen molar-refractivity contribution in [2.24, 2.45) is 0 Å². The van der Waals surface area contributed by atoms with Gasteiger partial charge in [-0.1, -0.05) is 23.7 Å². The predicted molar refractivity (Wildman–Crippen MR) is 85.0 cm³/mol. The van der Waals surface area contributed by atoms with Crippen LogP contribution in [-0.4, -0.2) is 35.6 Å². The predicted octanol–water partition coefficient (Wildman–Crippen LogP) is 3.34. The van der Waals surface area contributed by atoms with E-state index in [4.69, 9.17) is 16.3 Å². The van der Waals surface area contributed by atoms with E-state index >= 15 is 0 Å². The summed E-state index contributed by atoms with van der Waals surface area (Å²) in [6.45, 7) is 1.58. The van der Waals surface area contributed by atoms with E-state index in [0.717, 1.165) is 5.56 Å². The van der Waals surface area contributed by atoms with Crippen molar-refractivity contribution in [3.8, 4) is 0 Å². The van der Waals surface area contributed by atoms with E-state index in [9.17, 15) is 4.79 Å². The number of carbonyl (C=O) groups excluding carboxylic acids is 1. The van der Waals surface area contributed by atoms with E-state index in [1.54, 1.807) is 23.4 Å². The summed E-state index contributed by atoms with van der Waals surface area (Å²) in [5.41, 5.74) is 1.70. The van der Waals surface area contributed by atoms with Crippen LogP contribution in [0.15, 0.2) is 48.8 Å². The molecule has 6 heteroatoms. The molecule has 22 heavy (non-hydrogen) atoms. The van der Waals surface area contributed by atoms with Crippen molar-refractivity contribution in [1.82, 2.24) is 9.88 Å². The zero-order valence-electron chi connectivity index (χ0n) is 11.9. The van der Waals surface area contributed by atoms with Crippen molar-refractivity contribution in [2.45, 2.75) is 6.10 Å². The lowest BCUT2D eigenvalue weighted by molar-refractivity contribution is -0.0135. The fourth-order valence-corrected chi connectivity index (χ4v) is 2.48. The number of halogens is 1. The van der Waals surface area contributed by atoms with Gasteiger partial charge in [-0.05, 0) is 29.8 Å². The summed E-state index contributed by atoms with van der Waals surface area (Å²) in [7, 11) is 0. The minimum Gasteiger partial charge on any atom is -0.370 e. The molecular weight excluding hydrogens is 302 g/mol. The number of aromatic nitrogens is 1. The molecule has 0 bridgehead atoms. The van der Waals surface area contributed by atoms with Crippen LogP contribution in [0.2, 0.25) is 5.02 Å². The molecule has 2 amide bonds. The molecule has 1 aliphatic rings. The number of benzene rings is 1. The summed E-state index contributed by atoms with van der Waals surface area (Å²) in [5.74, 6) is 0. The van der Waals surface area contributed by atoms with E-state index in [2.05, 4.69) is 10.3 Å². The van der Waals surface area contributed by atoms with Gasteiger partial charge < -0.3 is 15.0 Å². The number of nitrogens with one attached hydrogen (secondary N) is 1. The Bertz CT molecular complexity index is 634. The molecule has 1 N–H and O–H groups in total. The van der Waals surface area contributed by atoms with Gasteiger partial charge in [-0.15, -0.1) is 0 Å². The van der Waals surface area contributed by atoms with Crippen molar-refractivity contribution >= 4 is 23.3 Å². The molecule has 1 saturated heterocycles. The second kappa shape index (κ2) is 6.77. The monoisotopic (exact) mass is 317 g/mol. The molecule has 1 aliphatic heterocycles. The summed E-state index contributed by atoms with van der Waals surface area (Å²) in [6, 6.07) is 11.0. The van der Waals surface area contributed by atoms with E-state index in [0.29, 0.717) is 30.4 Å². The third-order valence-electron chi connectivity index (χ3n) is 3.51. The zero-order valence-corrected chi connectivity index (χ0v) is 12.7. The van der Waals surface area contributed by atoms with E-state index in [1.807, 2.05) is 30.3 Å². The lowest BCUT2D eigenvalue weighted by atomic mass is 10.1. The van der Waals surface area contributed by atoms with E-state index < -0.39 is 0 Å². The van der Waals surface area contributed by atoms with Gasteiger partial charge >= 0.3 is 6.03 Å². The largest absolute Gasteiger partial charge is 0.370 e. The van der Waals surface area contributed by atoms with Crippen LogP contribution in [0, 0.1) is 0 Å². The summed E-state index contributed by atoms with van der Waals surface area (Å²) >= 11 is 5.90. The van der Waals surface area contributed by atoms with Crippen LogP contribution in [-0.2, 0) is 4.74 Å². The van der Waals surface area contributed by atoms with Crippen molar-refractivity contribution < 1.29 is 9.53 Å². The topological polar surface area (TPSA) is 54.5 Å². The average Bonchev–Trinajstić information content (AvgIpc) is 2.56. The number of ether oxygens (including phenoxy) is 1. The number of hydrogen-bond acceptors (Lipinski definition) is 3. The minimum atomic E-state index is -0.143. The Morgan fingerprint density at radius 3 is 2.86 bits per heavy atom. The van der Waals surface area contributed by atoms with Crippen LogP contribution in [0.4, 0.5) is 10.5 Å². The molecule has 0 aliphatic carbocycles. The molecule has 1 fully saturated rings. The molecule has 1 atom stereocenters. The van der Waals surface area contributed by atoms with Gasteiger partial charge in [0.2, 0.25) is 0 Å². The molecular formula is C16H16ClN3O2. The Balaban J connectivity index is 1.65. The summed E-state index contributed by atoms with van der Waals surface area (Å²) in [4.78, 5) is 18.0. The second-order valence-corrected chi connectivity index (χ2v) is 5.47. The van der Waals surface area contributed by atoms with Crippen LogP contribution in [0.3, 0.4) is 0 Å². The fourth-order valence-electron chi connectivity index (χ4n) is 2.35. The Hall–Kier alpha value is -2.11. The molecule has 1 aromatic heterocycles. The number of pyridine rings is 1. The third kappa shape index (κ3) is 3.55. The van der Waals surface area contributed by atoms with Crippen molar-refractivity contribution in [3.05, 3.63) is 59.4 Å². The van der Waals surface area contributed by atoms with Gasteiger partial charge in [0.25, 0.3) is 0 Å². The standard InChI is InChI=1S/C16H16ClN3O2/c17-13-5-3-12(4-6-13)15-11-20(8-9-22-15)16(21)19-14-2-1-7-18-10-14/h1-7,10,15H,8-9,11H2,(H,19,21)/t15-/m0/s1. The second-order valence-electron chi connectivity index (χ2n) is 5.03. The number of rotatable bonds is 2.